The van der Waals surface area contributed by atoms with Gasteiger partial charge in [0.1, 0.15) is 0 Å². The maximum absolute atomic E-state index is 3.63. The second kappa shape index (κ2) is 4.38. The number of nitrogens with zero attached hydrogens (tertiary/aromatic N) is 1. The van der Waals surface area contributed by atoms with E-state index in [0.29, 0.717) is 6.04 Å². The van der Waals surface area contributed by atoms with Crippen LogP contribution in [0.5, 0.6) is 0 Å². The first-order valence-electron chi connectivity index (χ1n) is 6.26. The quantitative estimate of drug-likeness (QED) is 0.796. The molecule has 0 saturated heterocycles. The van der Waals surface area contributed by atoms with Crippen LogP contribution < -0.4 is 5.32 Å². The van der Waals surface area contributed by atoms with Gasteiger partial charge in [0.25, 0.3) is 0 Å². The van der Waals surface area contributed by atoms with Gasteiger partial charge >= 0.3 is 0 Å². The van der Waals surface area contributed by atoms with Crippen LogP contribution in [0.15, 0.2) is 42.6 Å². The van der Waals surface area contributed by atoms with Gasteiger partial charge < -0.3 is 9.88 Å². The van der Waals surface area contributed by atoms with Crippen molar-refractivity contribution in [3.63, 3.8) is 0 Å². The summed E-state index contributed by atoms with van der Waals surface area (Å²) in [5.74, 6) is 0. The second-order valence-corrected chi connectivity index (χ2v) is 4.80. The van der Waals surface area contributed by atoms with Gasteiger partial charge in [-0.25, -0.2) is 0 Å². The van der Waals surface area contributed by atoms with Crippen molar-refractivity contribution >= 4 is 10.9 Å². The molecule has 1 aliphatic rings. The van der Waals surface area contributed by atoms with Crippen LogP contribution in [0.25, 0.3) is 10.9 Å². The molecule has 88 valence electrons. The molecule has 0 aliphatic heterocycles. The molecule has 0 unspecified atom stereocenters. The molecule has 2 nitrogen and oxygen atoms in total. The number of nitrogens with one attached hydrogen (secondary N) is 1. The number of aryl methyl sites for hydroxylation is 1. The van der Waals surface area contributed by atoms with Crippen LogP contribution in [0, 0.1) is 0 Å². The van der Waals surface area contributed by atoms with Crippen molar-refractivity contribution in [2.75, 3.05) is 0 Å². The Kier molecular flexibility index (Phi) is 2.73. The molecule has 17 heavy (non-hydrogen) atoms. The molecule has 3 rings (SSSR count). The van der Waals surface area contributed by atoms with E-state index in [1.807, 2.05) is 0 Å². The van der Waals surface area contributed by atoms with Crippen LogP contribution in [0.3, 0.4) is 0 Å². The summed E-state index contributed by atoms with van der Waals surface area (Å²) in [6.07, 6.45) is 9.11. The Morgan fingerprint density at radius 3 is 2.82 bits per heavy atom. The van der Waals surface area contributed by atoms with E-state index in [9.17, 15) is 0 Å². The summed E-state index contributed by atoms with van der Waals surface area (Å²) in [7, 11) is 2.11. The van der Waals surface area contributed by atoms with Gasteiger partial charge in [0.05, 0.1) is 0 Å². The molecule has 0 fully saturated rings. The molecular weight excluding hydrogens is 208 g/mol. The van der Waals surface area contributed by atoms with Gasteiger partial charge in [-0.2, -0.15) is 0 Å². The Balaban J connectivity index is 1.80. The van der Waals surface area contributed by atoms with E-state index in [-0.39, 0.29) is 0 Å². The molecule has 2 aromatic rings. The highest BCUT2D eigenvalue weighted by molar-refractivity contribution is 5.83. The highest BCUT2D eigenvalue weighted by Crippen LogP contribution is 2.20. The lowest BCUT2D eigenvalue weighted by Gasteiger charge is -2.10. The van der Waals surface area contributed by atoms with Gasteiger partial charge in [-0.3, -0.25) is 0 Å². The zero-order chi connectivity index (χ0) is 11.7. The predicted molar refractivity (Wildman–Crippen MR) is 71.9 cm³/mol. The summed E-state index contributed by atoms with van der Waals surface area (Å²) in [5, 5.41) is 5.00. The van der Waals surface area contributed by atoms with E-state index in [0.717, 1.165) is 6.54 Å². The Hall–Kier alpha value is -1.54. The van der Waals surface area contributed by atoms with Gasteiger partial charge in [0.15, 0.2) is 0 Å². The zero-order valence-corrected chi connectivity index (χ0v) is 10.2. The third kappa shape index (κ3) is 2.01. The molecule has 0 atom stereocenters. The Morgan fingerprint density at radius 1 is 1.24 bits per heavy atom. The van der Waals surface area contributed by atoms with E-state index < -0.39 is 0 Å². The maximum Gasteiger partial charge on any atom is 0.0481 e. The van der Waals surface area contributed by atoms with Crippen LogP contribution in [-0.2, 0) is 13.6 Å². The molecule has 0 saturated carbocycles. The van der Waals surface area contributed by atoms with Gasteiger partial charge in [-0.1, -0.05) is 30.4 Å². The number of fused-ring (bicyclic) bond motifs is 1. The lowest BCUT2D eigenvalue weighted by molar-refractivity contribution is 0.539. The van der Waals surface area contributed by atoms with E-state index >= 15 is 0 Å². The predicted octanol–water partition coefficient (Wildman–Crippen LogP) is 2.99. The molecule has 1 aromatic carbocycles. The van der Waals surface area contributed by atoms with Crippen LogP contribution in [0.4, 0.5) is 0 Å². The highest BCUT2D eigenvalue weighted by Gasteiger charge is 2.11. The lowest BCUT2D eigenvalue weighted by Crippen LogP contribution is -2.25. The fourth-order valence-electron chi connectivity index (χ4n) is 2.60. The third-order valence-electron chi connectivity index (χ3n) is 3.57. The number of para-hydroxylation sites is 1. The van der Waals surface area contributed by atoms with Crippen molar-refractivity contribution in [1.82, 2.24) is 9.88 Å². The number of aromatic nitrogens is 1. The minimum Gasteiger partial charge on any atom is -0.350 e. The van der Waals surface area contributed by atoms with Gasteiger partial charge in [-0.15, -0.1) is 0 Å². The van der Waals surface area contributed by atoms with E-state index in [4.69, 9.17) is 0 Å². The molecule has 0 spiro atoms. The van der Waals surface area contributed by atoms with Crippen LogP contribution in [0.1, 0.15) is 18.4 Å². The van der Waals surface area contributed by atoms with Crippen LogP contribution >= 0.6 is 0 Å². The van der Waals surface area contributed by atoms with Crippen molar-refractivity contribution in [3.8, 4) is 0 Å². The first-order chi connectivity index (χ1) is 8.34. The van der Waals surface area contributed by atoms with E-state index in [2.05, 4.69) is 59.5 Å². The smallest absolute Gasteiger partial charge is 0.0481 e. The summed E-state index contributed by atoms with van der Waals surface area (Å²) >= 11 is 0. The fraction of sp³-hybridized carbons (Fsp3) is 0.333. The minimum absolute atomic E-state index is 0.633. The van der Waals surface area contributed by atoms with Crippen molar-refractivity contribution < 1.29 is 0 Å². The summed E-state index contributed by atoms with van der Waals surface area (Å²) in [6.45, 7) is 0.966. The first-order valence-corrected chi connectivity index (χ1v) is 6.26. The number of benzene rings is 1. The van der Waals surface area contributed by atoms with Crippen molar-refractivity contribution in [3.05, 3.63) is 48.2 Å². The highest BCUT2D eigenvalue weighted by atomic mass is 14.9. The van der Waals surface area contributed by atoms with Crippen LogP contribution in [-0.4, -0.2) is 10.6 Å². The SMILES string of the molecule is Cn1cc(CNC2CC=CC2)c2ccccc21. The molecule has 0 bridgehead atoms. The number of rotatable bonds is 3. The lowest BCUT2D eigenvalue weighted by atomic mass is 10.1. The summed E-state index contributed by atoms with van der Waals surface area (Å²) in [6, 6.07) is 9.23. The van der Waals surface area contributed by atoms with Gasteiger partial charge in [-0.05, 0) is 24.5 Å². The average molecular weight is 226 g/mol. The average Bonchev–Trinajstić information content (AvgIpc) is 2.96. The summed E-state index contributed by atoms with van der Waals surface area (Å²) in [5.41, 5.74) is 2.71. The van der Waals surface area contributed by atoms with Crippen molar-refractivity contribution in [2.45, 2.75) is 25.4 Å². The summed E-state index contributed by atoms with van der Waals surface area (Å²) < 4.78 is 2.21. The van der Waals surface area contributed by atoms with Gasteiger partial charge in [0.2, 0.25) is 0 Å². The molecule has 0 radical (unpaired) electrons. The van der Waals surface area contributed by atoms with E-state index in [1.54, 1.807) is 0 Å². The Morgan fingerprint density at radius 2 is 2.00 bits per heavy atom. The molecule has 0 amide bonds. The van der Waals surface area contributed by atoms with Crippen molar-refractivity contribution in [2.24, 2.45) is 7.05 Å². The largest absolute Gasteiger partial charge is 0.350 e. The standard InChI is InChI=1S/C15H18N2/c1-17-11-12(10-16-13-6-2-3-7-13)14-8-4-5-9-15(14)17/h2-5,8-9,11,13,16H,6-7,10H2,1H3. The fourth-order valence-corrected chi connectivity index (χ4v) is 2.60. The monoisotopic (exact) mass is 226 g/mol. The number of hydrogen-bond donors (Lipinski definition) is 1. The molecule has 2 heteroatoms. The molecule has 1 aromatic heterocycles. The second-order valence-electron chi connectivity index (χ2n) is 4.80. The molecule has 1 N–H and O–H groups in total. The van der Waals surface area contributed by atoms with Crippen molar-refractivity contribution in [1.29, 1.82) is 0 Å². The molecule has 1 aliphatic carbocycles. The first kappa shape index (κ1) is 10.6. The topological polar surface area (TPSA) is 17.0 Å². The Labute approximate surface area is 102 Å². The van der Waals surface area contributed by atoms with E-state index in [1.165, 1.54) is 29.3 Å². The normalized spacial score (nSPS) is 16.1. The summed E-state index contributed by atoms with van der Waals surface area (Å²) in [4.78, 5) is 0. The third-order valence-corrected chi connectivity index (χ3v) is 3.57. The minimum atomic E-state index is 0.633. The zero-order valence-electron chi connectivity index (χ0n) is 10.2. The Bertz CT molecular complexity index is 543. The maximum atomic E-state index is 3.63. The molecule has 1 heterocycles. The molecular formula is C15H18N2. The van der Waals surface area contributed by atoms with Crippen LogP contribution in [0.2, 0.25) is 0 Å². The van der Waals surface area contributed by atoms with Gasteiger partial charge in [0, 0.05) is 36.7 Å². The number of hydrogen-bond acceptors (Lipinski definition) is 1.